The summed E-state index contributed by atoms with van der Waals surface area (Å²) in [6.07, 6.45) is 0. The first-order valence-corrected chi connectivity index (χ1v) is 19.2. The van der Waals surface area contributed by atoms with Crippen molar-refractivity contribution in [2.75, 3.05) is 0 Å². The Morgan fingerprint density at radius 3 is 1.16 bits per heavy atom. The molecule has 0 amide bonds. The van der Waals surface area contributed by atoms with E-state index in [1.54, 1.807) is 0 Å². The molecule has 0 unspecified atom stereocenters. The standard InChI is InChI=1S/C51H32N6/c1-2-16-33(17-3-1)49-52-50(54-51(53-49)57-46-28-14-8-22-39(46)40-23-9-15-29-47(40)57)41-32-34(55-42-24-10-4-18-35(42)36-19-5-11-25-43(36)55)30-31-48(41)56-44-26-12-6-20-37(44)38-21-7-13-27-45(38)56/h1-32H. The van der Waals surface area contributed by atoms with Crippen LogP contribution < -0.4 is 0 Å². The van der Waals surface area contributed by atoms with Gasteiger partial charge in [-0.25, -0.2) is 4.98 Å². The van der Waals surface area contributed by atoms with Crippen molar-refractivity contribution in [2.45, 2.75) is 0 Å². The molecule has 0 fully saturated rings. The van der Waals surface area contributed by atoms with E-state index in [4.69, 9.17) is 15.0 Å². The lowest BCUT2D eigenvalue weighted by atomic mass is 10.1. The van der Waals surface area contributed by atoms with Crippen LogP contribution in [0, 0.1) is 0 Å². The maximum absolute atomic E-state index is 5.47. The summed E-state index contributed by atoms with van der Waals surface area (Å²) in [6.45, 7) is 0. The van der Waals surface area contributed by atoms with Crippen molar-refractivity contribution < 1.29 is 0 Å². The second-order valence-electron chi connectivity index (χ2n) is 14.5. The molecule has 0 atom stereocenters. The normalized spacial score (nSPS) is 11.9. The lowest BCUT2D eigenvalue weighted by Crippen LogP contribution is -2.08. The molecule has 0 aliphatic carbocycles. The van der Waals surface area contributed by atoms with Crippen LogP contribution in [0.15, 0.2) is 194 Å². The maximum Gasteiger partial charge on any atom is 0.238 e. The monoisotopic (exact) mass is 728 g/mol. The molecule has 4 heterocycles. The van der Waals surface area contributed by atoms with Crippen LogP contribution in [0.3, 0.4) is 0 Å². The van der Waals surface area contributed by atoms with Gasteiger partial charge in [0.15, 0.2) is 11.6 Å². The summed E-state index contributed by atoms with van der Waals surface area (Å²) in [4.78, 5) is 16.1. The molecule has 0 aliphatic rings. The molecule has 0 aliphatic heterocycles. The van der Waals surface area contributed by atoms with Gasteiger partial charge in [0, 0.05) is 49.1 Å². The molecule has 266 valence electrons. The van der Waals surface area contributed by atoms with Crippen LogP contribution in [0.4, 0.5) is 0 Å². The largest absolute Gasteiger partial charge is 0.309 e. The van der Waals surface area contributed by atoms with E-state index >= 15 is 0 Å². The average molecular weight is 729 g/mol. The van der Waals surface area contributed by atoms with E-state index in [1.807, 2.05) is 18.2 Å². The zero-order valence-electron chi connectivity index (χ0n) is 30.7. The van der Waals surface area contributed by atoms with Crippen LogP contribution in [0.25, 0.3) is 106 Å². The first-order chi connectivity index (χ1) is 28.3. The van der Waals surface area contributed by atoms with Gasteiger partial charge in [-0.05, 0) is 54.6 Å². The van der Waals surface area contributed by atoms with Crippen molar-refractivity contribution in [1.29, 1.82) is 0 Å². The minimum absolute atomic E-state index is 0.562. The maximum atomic E-state index is 5.47. The van der Waals surface area contributed by atoms with E-state index in [9.17, 15) is 0 Å². The summed E-state index contributed by atoms with van der Waals surface area (Å²) >= 11 is 0. The quantitative estimate of drug-likeness (QED) is 0.177. The second kappa shape index (κ2) is 12.3. The number of fused-ring (bicyclic) bond motifs is 9. The molecule has 0 spiro atoms. The Morgan fingerprint density at radius 1 is 0.298 bits per heavy atom. The summed E-state index contributed by atoms with van der Waals surface area (Å²) in [7, 11) is 0. The van der Waals surface area contributed by atoms with Gasteiger partial charge in [0.2, 0.25) is 5.95 Å². The van der Waals surface area contributed by atoms with Crippen LogP contribution in [0.5, 0.6) is 0 Å². The molecular weight excluding hydrogens is 697 g/mol. The summed E-state index contributed by atoms with van der Waals surface area (Å²) in [6, 6.07) is 68.4. The average Bonchev–Trinajstić information content (AvgIpc) is 3.92. The summed E-state index contributed by atoms with van der Waals surface area (Å²) < 4.78 is 6.90. The van der Waals surface area contributed by atoms with Gasteiger partial charge in [0.1, 0.15) is 0 Å². The Balaban J connectivity index is 1.22. The minimum atomic E-state index is 0.562. The lowest BCUT2D eigenvalue weighted by molar-refractivity contribution is 0.951. The summed E-state index contributed by atoms with van der Waals surface area (Å²) in [5, 5.41) is 7.10. The number of aromatic nitrogens is 6. The molecule has 6 nitrogen and oxygen atoms in total. The van der Waals surface area contributed by atoms with E-state index in [0.717, 1.165) is 66.4 Å². The number of benzene rings is 8. The summed E-state index contributed by atoms with van der Waals surface area (Å²) in [5.74, 6) is 1.75. The van der Waals surface area contributed by atoms with E-state index in [-0.39, 0.29) is 0 Å². The highest BCUT2D eigenvalue weighted by Crippen LogP contribution is 2.39. The number of hydrogen-bond acceptors (Lipinski definition) is 3. The topological polar surface area (TPSA) is 53.5 Å². The third-order valence-corrected chi connectivity index (χ3v) is 11.3. The van der Waals surface area contributed by atoms with Crippen LogP contribution in [0.2, 0.25) is 0 Å². The molecule has 0 radical (unpaired) electrons. The highest BCUT2D eigenvalue weighted by atomic mass is 15.2. The Labute approximate surface area is 327 Å². The van der Waals surface area contributed by atoms with E-state index in [0.29, 0.717) is 17.6 Å². The fourth-order valence-corrected chi connectivity index (χ4v) is 8.86. The molecule has 57 heavy (non-hydrogen) atoms. The molecule has 0 bridgehead atoms. The Morgan fingerprint density at radius 2 is 0.684 bits per heavy atom. The van der Waals surface area contributed by atoms with E-state index < -0.39 is 0 Å². The zero-order chi connectivity index (χ0) is 37.5. The van der Waals surface area contributed by atoms with Gasteiger partial charge in [-0.1, -0.05) is 140 Å². The molecule has 12 aromatic rings. The van der Waals surface area contributed by atoms with Gasteiger partial charge in [0.25, 0.3) is 0 Å². The van der Waals surface area contributed by atoms with Crippen LogP contribution in [-0.4, -0.2) is 28.7 Å². The Hall–Kier alpha value is -7.83. The number of nitrogens with zero attached hydrogens (tertiary/aromatic N) is 6. The van der Waals surface area contributed by atoms with Gasteiger partial charge in [0.05, 0.1) is 38.8 Å². The highest BCUT2D eigenvalue weighted by Gasteiger charge is 2.23. The number of hydrogen-bond donors (Lipinski definition) is 0. The lowest BCUT2D eigenvalue weighted by Gasteiger charge is -2.17. The molecular formula is C51H32N6. The second-order valence-corrected chi connectivity index (χ2v) is 14.5. The molecule has 0 N–H and O–H groups in total. The van der Waals surface area contributed by atoms with Gasteiger partial charge < -0.3 is 9.13 Å². The molecule has 4 aromatic heterocycles. The van der Waals surface area contributed by atoms with Gasteiger partial charge in [-0.15, -0.1) is 0 Å². The zero-order valence-corrected chi connectivity index (χ0v) is 30.7. The van der Waals surface area contributed by atoms with Crippen molar-refractivity contribution in [2.24, 2.45) is 0 Å². The fourth-order valence-electron chi connectivity index (χ4n) is 8.86. The van der Waals surface area contributed by atoms with Crippen molar-refractivity contribution in [1.82, 2.24) is 28.7 Å². The third kappa shape index (κ3) is 4.74. The molecule has 8 aromatic carbocycles. The Bertz CT molecular complexity index is 3370. The van der Waals surface area contributed by atoms with Crippen molar-refractivity contribution >= 4 is 65.4 Å². The van der Waals surface area contributed by atoms with Crippen molar-refractivity contribution in [3.05, 3.63) is 194 Å². The first kappa shape index (κ1) is 31.5. The van der Waals surface area contributed by atoms with Crippen molar-refractivity contribution in [3.8, 4) is 40.1 Å². The Kier molecular flexibility index (Phi) is 6.83. The molecule has 0 saturated carbocycles. The molecule has 0 saturated heterocycles. The van der Waals surface area contributed by atoms with Crippen LogP contribution >= 0.6 is 0 Å². The minimum Gasteiger partial charge on any atom is -0.309 e. The van der Waals surface area contributed by atoms with Crippen LogP contribution in [-0.2, 0) is 0 Å². The molecule has 12 rings (SSSR count). The van der Waals surface area contributed by atoms with Gasteiger partial charge >= 0.3 is 0 Å². The fraction of sp³-hybridized carbons (Fsp3) is 0. The summed E-state index contributed by atoms with van der Waals surface area (Å²) in [5.41, 5.74) is 10.4. The predicted molar refractivity (Wildman–Crippen MR) is 234 cm³/mol. The SMILES string of the molecule is c1ccc(-c2nc(-c3cc(-n4c5ccccc5c5ccccc54)ccc3-n3c4ccccc4c4ccccc43)nc(-n3c4ccccc4c4ccccc43)n2)cc1. The van der Waals surface area contributed by atoms with Crippen LogP contribution in [0.1, 0.15) is 0 Å². The number of para-hydroxylation sites is 6. The van der Waals surface area contributed by atoms with Gasteiger partial charge in [-0.2, -0.15) is 9.97 Å². The van der Waals surface area contributed by atoms with Gasteiger partial charge in [-0.3, -0.25) is 4.57 Å². The highest BCUT2D eigenvalue weighted by molar-refractivity contribution is 6.11. The predicted octanol–water partition coefficient (Wildman–Crippen LogP) is 12.5. The van der Waals surface area contributed by atoms with E-state index in [1.165, 1.54) is 21.5 Å². The molecule has 6 heteroatoms. The third-order valence-electron chi connectivity index (χ3n) is 11.3. The first-order valence-electron chi connectivity index (χ1n) is 19.2. The smallest absolute Gasteiger partial charge is 0.238 e. The van der Waals surface area contributed by atoms with E-state index in [2.05, 4.69) is 190 Å². The van der Waals surface area contributed by atoms with Crippen molar-refractivity contribution in [3.63, 3.8) is 0 Å². The number of rotatable bonds is 5.